The molecule has 36 heavy (non-hydrogen) atoms. The Morgan fingerprint density at radius 3 is 1.97 bits per heavy atom. The molecule has 192 valence electrons. The summed E-state index contributed by atoms with van der Waals surface area (Å²) in [5.41, 5.74) is 0.831. The van der Waals surface area contributed by atoms with Gasteiger partial charge in [0.1, 0.15) is 6.10 Å². The van der Waals surface area contributed by atoms with Crippen LogP contribution in [0.4, 0.5) is 0 Å². The SMILES string of the molecule is COc1ccc(C(=O)COc2ccc([C@H](O)[C@@H](CO)Oc3ccccc3OC)cc2OC)cc1OC. The van der Waals surface area contributed by atoms with Gasteiger partial charge >= 0.3 is 0 Å². The molecule has 0 heterocycles. The van der Waals surface area contributed by atoms with Gasteiger partial charge in [-0.05, 0) is 48.0 Å². The predicted molar refractivity (Wildman–Crippen MR) is 132 cm³/mol. The summed E-state index contributed by atoms with van der Waals surface area (Å²) in [6.07, 6.45) is -2.15. The van der Waals surface area contributed by atoms with Gasteiger partial charge in [0.05, 0.1) is 35.0 Å². The molecule has 0 spiro atoms. The molecule has 0 radical (unpaired) electrons. The van der Waals surface area contributed by atoms with E-state index < -0.39 is 18.8 Å². The molecule has 0 amide bonds. The Labute approximate surface area is 209 Å². The Bertz CT molecular complexity index is 1160. The van der Waals surface area contributed by atoms with Gasteiger partial charge in [-0.25, -0.2) is 0 Å². The lowest BCUT2D eigenvalue weighted by atomic mass is 10.0. The molecule has 0 aromatic heterocycles. The standard InChI is InChI=1S/C27H30O9/c1-31-20-7-5-6-8-23(20)36-26(15-28)27(30)18-10-12-22(25(14-18)34-4)35-16-19(29)17-9-11-21(32-2)24(13-17)33-3/h5-14,26-28,30H,15-16H2,1-4H3/t26-,27+/m1/s1. The Hall–Kier alpha value is -3.95. The van der Waals surface area contributed by atoms with Crippen LogP contribution in [0.25, 0.3) is 0 Å². The van der Waals surface area contributed by atoms with Crippen LogP contribution in [0.2, 0.25) is 0 Å². The van der Waals surface area contributed by atoms with Crippen molar-refractivity contribution in [2.75, 3.05) is 41.7 Å². The van der Waals surface area contributed by atoms with E-state index in [-0.39, 0.29) is 12.4 Å². The summed E-state index contributed by atoms with van der Waals surface area (Å²) >= 11 is 0. The fourth-order valence-corrected chi connectivity index (χ4v) is 3.52. The number of carbonyl (C=O) groups is 1. The topological polar surface area (TPSA) is 113 Å². The maximum atomic E-state index is 12.7. The molecular formula is C27H30O9. The van der Waals surface area contributed by atoms with E-state index in [4.69, 9.17) is 28.4 Å². The summed E-state index contributed by atoms with van der Waals surface area (Å²) in [6, 6.07) is 16.6. The largest absolute Gasteiger partial charge is 0.493 e. The van der Waals surface area contributed by atoms with Gasteiger partial charge in [0, 0.05) is 5.56 Å². The van der Waals surface area contributed by atoms with Gasteiger partial charge in [0.25, 0.3) is 0 Å². The van der Waals surface area contributed by atoms with Gasteiger partial charge in [0.15, 0.2) is 53.0 Å². The molecule has 3 aromatic carbocycles. The summed E-state index contributed by atoms with van der Waals surface area (Å²) in [4.78, 5) is 12.7. The number of ether oxygens (including phenoxy) is 6. The van der Waals surface area contributed by atoms with Crippen molar-refractivity contribution in [3.63, 3.8) is 0 Å². The number of para-hydroxylation sites is 2. The summed E-state index contributed by atoms with van der Waals surface area (Å²) in [5, 5.41) is 20.7. The lowest BCUT2D eigenvalue weighted by Crippen LogP contribution is -2.29. The van der Waals surface area contributed by atoms with Crippen molar-refractivity contribution in [1.82, 2.24) is 0 Å². The summed E-state index contributed by atoms with van der Waals surface area (Å²) in [6.45, 7) is -0.691. The second kappa shape index (κ2) is 12.7. The number of hydrogen-bond acceptors (Lipinski definition) is 9. The molecular weight excluding hydrogens is 468 g/mol. The fraction of sp³-hybridized carbons (Fsp3) is 0.296. The number of benzene rings is 3. The molecule has 2 N–H and O–H groups in total. The van der Waals surface area contributed by atoms with Crippen LogP contribution >= 0.6 is 0 Å². The number of carbonyl (C=O) groups excluding carboxylic acids is 1. The first-order valence-corrected chi connectivity index (χ1v) is 11.1. The lowest BCUT2D eigenvalue weighted by Gasteiger charge is -2.24. The molecule has 0 saturated carbocycles. The van der Waals surface area contributed by atoms with Crippen molar-refractivity contribution in [3.8, 4) is 34.5 Å². The molecule has 0 aliphatic heterocycles. The lowest BCUT2D eigenvalue weighted by molar-refractivity contribution is -0.000523. The van der Waals surface area contributed by atoms with Crippen molar-refractivity contribution in [3.05, 3.63) is 71.8 Å². The zero-order chi connectivity index (χ0) is 26.1. The predicted octanol–water partition coefficient (Wildman–Crippen LogP) is 3.46. The van der Waals surface area contributed by atoms with E-state index in [0.717, 1.165) is 0 Å². The molecule has 0 aliphatic rings. The average Bonchev–Trinajstić information content (AvgIpc) is 2.93. The number of methoxy groups -OCH3 is 4. The first-order valence-electron chi connectivity index (χ1n) is 11.1. The third-order valence-electron chi connectivity index (χ3n) is 5.47. The van der Waals surface area contributed by atoms with Crippen molar-refractivity contribution >= 4 is 5.78 Å². The molecule has 0 aliphatic carbocycles. The summed E-state index contributed by atoms with van der Waals surface area (Å²) in [7, 11) is 5.96. The Morgan fingerprint density at radius 1 is 0.750 bits per heavy atom. The number of aliphatic hydroxyl groups excluding tert-OH is 2. The van der Waals surface area contributed by atoms with Gasteiger partial charge < -0.3 is 38.6 Å². The monoisotopic (exact) mass is 498 g/mol. The van der Waals surface area contributed by atoms with Gasteiger partial charge in [0.2, 0.25) is 0 Å². The molecule has 3 aromatic rings. The fourth-order valence-electron chi connectivity index (χ4n) is 3.52. The van der Waals surface area contributed by atoms with Crippen LogP contribution in [0.5, 0.6) is 34.5 Å². The molecule has 0 unspecified atom stereocenters. The maximum Gasteiger partial charge on any atom is 0.200 e. The Balaban J connectivity index is 1.72. The van der Waals surface area contributed by atoms with Crippen LogP contribution in [0.3, 0.4) is 0 Å². The van der Waals surface area contributed by atoms with Crippen molar-refractivity contribution in [1.29, 1.82) is 0 Å². The van der Waals surface area contributed by atoms with Crippen LogP contribution < -0.4 is 28.4 Å². The molecule has 3 rings (SSSR count). The average molecular weight is 499 g/mol. The van der Waals surface area contributed by atoms with Crippen LogP contribution in [-0.2, 0) is 0 Å². The van der Waals surface area contributed by atoms with Crippen molar-refractivity contribution in [2.45, 2.75) is 12.2 Å². The number of hydrogen-bond donors (Lipinski definition) is 2. The minimum absolute atomic E-state index is 0.246. The number of ketones is 1. The van der Waals surface area contributed by atoms with Crippen molar-refractivity contribution < 1.29 is 43.4 Å². The van der Waals surface area contributed by atoms with E-state index >= 15 is 0 Å². The highest BCUT2D eigenvalue weighted by Crippen LogP contribution is 2.34. The highest BCUT2D eigenvalue weighted by atomic mass is 16.5. The summed E-state index contributed by atoms with van der Waals surface area (Å²) in [5.74, 6) is 2.17. The van der Waals surface area contributed by atoms with E-state index in [2.05, 4.69) is 0 Å². The third-order valence-corrected chi connectivity index (χ3v) is 5.47. The zero-order valence-electron chi connectivity index (χ0n) is 20.6. The maximum absolute atomic E-state index is 12.7. The van der Waals surface area contributed by atoms with Gasteiger partial charge in [-0.15, -0.1) is 0 Å². The quantitative estimate of drug-likeness (QED) is 0.342. The van der Waals surface area contributed by atoms with E-state index in [1.165, 1.54) is 28.4 Å². The zero-order valence-corrected chi connectivity index (χ0v) is 20.6. The van der Waals surface area contributed by atoms with Crippen LogP contribution in [0.1, 0.15) is 22.0 Å². The third kappa shape index (κ3) is 6.18. The van der Waals surface area contributed by atoms with E-state index in [1.54, 1.807) is 60.7 Å². The van der Waals surface area contributed by atoms with Crippen LogP contribution in [0.15, 0.2) is 60.7 Å². The van der Waals surface area contributed by atoms with Crippen LogP contribution in [0, 0.1) is 0 Å². The highest BCUT2D eigenvalue weighted by Gasteiger charge is 2.25. The summed E-state index contributed by atoms with van der Waals surface area (Å²) < 4.78 is 32.6. The Morgan fingerprint density at radius 2 is 1.33 bits per heavy atom. The molecule has 0 bridgehead atoms. The Kier molecular flexibility index (Phi) is 9.38. The first-order chi connectivity index (χ1) is 17.4. The molecule has 9 nitrogen and oxygen atoms in total. The smallest absolute Gasteiger partial charge is 0.200 e. The first kappa shape index (κ1) is 26.7. The van der Waals surface area contributed by atoms with Crippen LogP contribution in [-0.4, -0.2) is 63.8 Å². The van der Waals surface area contributed by atoms with Gasteiger partial charge in [-0.2, -0.15) is 0 Å². The number of aliphatic hydroxyl groups is 2. The highest BCUT2D eigenvalue weighted by molar-refractivity contribution is 5.97. The second-order valence-electron chi connectivity index (χ2n) is 7.63. The van der Waals surface area contributed by atoms with E-state index in [9.17, 15) is 15.0 Å². The normalized spacial score (nSPS) is 12.3. The van der Waals surface area contributed by atoms with Gasteiger partial charge in [-0.3, -0.25) is 4.79 Å². The van der Waals surface area contributed by atoms with Gasteiger partial charge in [-0.1, -0.05) is 18.2 Å². The van der Waals surface area contributed by atoms with E-state index in [1.807, 2.05) is 0 Å². The minimum atomic E-state index is -1.18. The number of rotatable bonds is 13. The molecule has 2 atom stereocenters. The number of Topliss-reactive ketones (excluding diaryl/α,β-unsaturated/α-hetero) is 1. The van der Waals surface area contributed by atoms with Crippen molar-refractivity contribution in [2.24, 2.45) is 0 Å². The molecule has 0 fully saturated rings. The second-order valence-corrected chi connectivity index (χ2v) is 7.63. The minimum Gasteiger partial charge on any atom is -0.493 e. The molecule has 0 saturated heterocycles. The molecule has 9 heteroatoms. The van der Waals surface area contributed by atoms with E-state index in [0.29, 0.717) is 45.6 Å².